The van der Waals surface area contributed by atoms with Crippen LogP contribution in [0.4, 0.5) is 4.79 Å². The first-order chi connectivity index (χ1) is 9.20. The molecule has 0 spiro atoms. The Labute approximate surface area is 111 Å². The van der Waals surface area contributed by atoms with Crippen molar-refractivity contribution in [1.29, 1.82) is 0 Å². The summed E-state index contributed by atoms with van der Waals surface area (Å²) in [6.45, 7) is 2.35. The predicted molar refractivity (Wildman–Crippen MR) is 68.3 cm³/mol. The topological polar surface area (TPSA) is 64.6 Å². The van der Waals surface area contributed by atoms with Crippen LogP contribution in [0.5, 0.6) is 0 Å². The normalized spacial score (nSPS) is 20.5. The zero-order valence-electron chi connectivity index (χ0n) is 10.8. The summed E-state index contributed by atoms with van der Waals surface area (Å²) in [6, 6.07) is 9.28. The lowest BCUT2D eigenvalue weighted by atomic mass is 10.2. The zero-order chi connectivity index (χ0) is 13.7. The van der Waals surface area contributed by atoms with Crippen LogP contribution in [0.15, 0.2) is 30.3 Å². The first-order valence-electron chi connectivity index (χ1n) is 6.34. The lowest BCUT2D eigenvalue weighted by Crippen LogP contribution is -2.29. The van der Waals surface area contributed by atoms with Crippen LogP contribution >= 0.6 is 0 Å². The van der Waals surface area contributed by atoms with Gasteiger partial charge in [-0.1, -0.05) is 30.3 Å². The van der Waals surface area contributed by atoms with Gasteiger partial charge in [-0.3, -0.25) is 4.79 Å². The highest BCUT2D eigenvalue weighted by molar-refractivity contribution is 5.78. The van der Waals surface area contributed by atoms with E-state index in [1.165, 1.54) is 0 Å². The molecule has 0 aromatic heterocycles. The molecular weight excluding hydrogens is 246 g/mol. The van der Waals surface area contributed by atoms with E-state index in [4.69, 9.17) is 9.47 Å². The van der Waals surface area contributed by atoms with Gasteiger partial charge < -0.3 is 14.8 Å². The number of carbonyl (C=O) groups excluding carboxylic acids is 2. The molecule has 1 amide bonds. The molecule has 1 N–H and O–H groups in total. The molecule has 0 aliphatic heterocycles. The summed E-state index contributed by atoms with van der Waals surface area (Å²) < 4.78 is 9.94. The number of nitrogens with one attached hydrogen (secondary N) is 1. The van der Waals surface area contributed by atoms with E-state index in [0.717, 1.165) is 5.56 Å². The van der Waals surface area contributed by atoms with Crippen molar-refractivity contribution in [3.05, 3.63) is 35.9 Å². The summed E-state index contributed by atoms with van der Waals surface area (Å²) in [6.07, 6.45) is 0.125. The Morgan fingerprint density at radius 1 is 1.26 bits per heavy atom. The monoisotopic (exact) mass is 263 g/mol. The highest BCUT2D eigenvalue weighted by atomic mass is 16.5. The lowest BCUT2D eigenvalue weighted by molar-refractivity contribution is -0.144. The smallest absolute Gasteiger partial charge is 0.407 e. The molecule has 1 saturated carbocycles. The summed E-state index contributed by atoms with van der Waals surface area (Å²) >= 11 is 0. The number of carbonyl (C=O) groups is 2. The Bertz CT molecular complexity index is 446. The van der Waals surface area contributed by atoms with Crippen molar-refractivity contribution in [2.75, 3.05) is 6.61 Å². The van der Waals surface area contributed by atoms with Gasteiger partial charge in [0, 0.05) is 6.04 Å². The number of esters is 1. The van der Waals surface area contributed by atoms with Crippen LogP contribution in [0.25, 0.3) is 0 Å². The lowest BCUT2D eigenvalue weighted by Gasteiger charge is -2.06. The third-order valence-corrected chi connectivity index (χ3v) is 2.90. The standard InChI is InChI=1S/C14H17NO4/c1-2-18-13(16)11-8-12(11)15-14(17)19-9-10-6-4-3-5-7-10/h3-7,11-12H,2,8-9H2,1H3,(H,15,17)/t11-,12+/m0/s1. The first kappa shape index (κ1) is 13.4. The maximum atomic E-state index is 11.5. The Morgan fingerprint density at radius 3 is 2.68 bits per heavy atom. The molecule has 5 nitrogen and oxygen atoms in total. The fourth-order valence-corrected chi connectivity index (χ4v) is 1.78. The number of amides is 1. The van der Waals surface area contributed by atoms with Gasteiger partial charge in [0.15, 0.2) is 0 Å². The predicted octanol–water partition coefficient (Wildman–Crippen LogP) is 1.86. The van der Waals surface area contributed by atoms with Gasteiger partial charge in [0.25, 0.3) is 0 Å². The number of alkyl carbamates (subject to hydrolysis) is 1. The molecule has 2 rings (SSSR count). The maximum Gasteiger partial charge on any atom is 0.407 e. The summed E-state index contributed by atoms with van der Waals surface area (Å²) in [7, 11) is 0. The summed E-state index contributed by atoms with van der Waals surface area (Å²) in [5, 5.41) is 2.65. The van der Waals surface area contributed by atoms with Gasteiger partial charge in [0.05, 0.1) is 12.5 Å². The van der Waals surface area contributed by atoms with Gasteiger partial charge in [-0.2, -0.15) is 0 Å². The van der Waals surface area contributed by atoms with Gasteiger partial charge in [-0.25, -0.2) is 4.79 Å². The molecule has 1 aliphatic rings. The molecule has 1 aliphatic carbocycles. The fourth-order valence-electron chi connectivity index (χ4n) is 1.78. The summed E-state index contributed by atoms with van der Waals surface area (Å²) in [4.78, 5) is 22.9. The number of hydrogen-bond acceptors (Lipinski definition) is 4. The van der Waals surface area contributed by atoms with E-state index in [9.17, 15) is 9.59 Å². The summed E-state index contributed by atoms with van der Waals surface area (Å²) in [5.41, 5.74) is 0.926. The van der Waals surface area contributed by atoms with E-state index < -0.39 is 6.09 Å². The SMILES string of the molecule is CCOC(=O)[C@H]1C[C@H]1NC(=O)OCc1ccccc1. The van der Waals surface area contributed by atoms with E-state index in [1.807, 2.05) is 30.3 Å². The van der Waals surface area contributed by atoms with Crippen LogP contribution in [0, 0.1) is 5.92 Å². The molecule has 2 atom stereocenters. The number of ether oxygens (including phenoxy) is 2. The van der Waals surface area contributed by atoms with Crippen LogP contribution < -0.4 is 5.32 Å². The van der Waals surface area contributed by atoms with Crippen LogP contribution in [0.2, 0.25) is 0 Å². The van der Waals surface area contributed by atoms with Crippen molar-refractivity contribution in [2.24, 2.45) is 5.92 Å². The van der Waals surface area contributed by atoms with Gasteiger partial charge in [0.1, 0.15) is 6.61 Å². The van der Waals surface area contributed by atoms with Crippen LogP contribution in [-0.4, -0.2) is 24.7 Å². The van der Waals surface area contributed by atoms with Crippen molar-refractivity contribution < 1.29 is 19.1 Å². The summed E-state index contributed by atoms with van der Waals surface area (Å²) in [5.74, 6) is -0.472. The molecule has 1 aromatic rings. The van der Waals surface area contributed by atoms with Crippen molar-refractivity contribution in [2.45, 2.75) is 26.0 Å². The highest BCUT2D eigenvalue weighted by Gasteiger charge is 2.45. The van der Waals surface area contributed by atoms with E-state index >= 15 is 0 Å². The average molecular weight is 263 g/mol. The van der Waals surface area contributed by atoms with Crippen molar-refractivity contribution >= 4 is 12.1 Å². The van der Waals surface area contributed by atoms with Gasteiger partial charge in [-0.15, -0.1) is 0 Å². The van der Waals surface area contributed by atoms with E-state index in [-0.39, 0.29) is 24.5 Å². The minimum atomic E-state index is -0.499. The average Bonchev–Trinajstić information content (AvgIpc) is 3.17. The van der Waals surface area contributed by atoms with Gasteiger partial charge in [-0.05, 0) is 18.9 Å². The molecule has 0 unspecified atom stereocenters. The zero-order valence-corrected chi connectivity index (χ0v) is 10.8. The second-order valence-electron chi connectivity index (χ2n) is 4.41. The second-order valence-corrected chi connectivity index (χ2v) is 4.41. The van der Waals surface area contributed by atoms with Crippen LogP contribution in [0.1, 0.15) is 18.9 Å². The minimum Gasteiger partial charge on any atom is -0.466 e. The van der Waals surface area contributed by atoms with Crippen molar-refractivity contribution in [1.82, 2.24) is 5.32 Å². The van der Waals surface area contributed by atoms with E-state index in [1.54, 1.807) is 6.92 Å². The first-order valence-corrected chi connectivity index (χ1v) is 6.34. The molecule has 102 valence electrons. The largest absolute Gasteiger partial charge is 0.466 e. The number of hydrogen-bond donors (Lipinski definition) is 1. The molecule has 1 aromatic carbocycles. The highest BCUT2D eigenvalue weighted by Crippen LogP contribution is 2.31. The van der Waals surface area contributed by atoms with E-state index in [2.05, 4.69) is 5.32 Å². The molecule has 19 heavy (non-hydrogen) atoms. The van der Waals surface area contributed by atoms with Gasteiger partial charge >= 0.3 is 12.1 Å². The molecule has 1 fully saturated rings. The van der Waals surface area contributed by atoms with Crippen molar-refractivity contribution in [3.63, 3.8) is 0 Å². The number of benzene rings is 1. The third-order valence-electron chi connectivity index (χ3n) is 2.90. The molecule has 0 bridgehead atoms. The Hall–Kier alpha value is -2.04. The van der Waals surface area contributed by atoms with Crippen LogP contribution in [0.3, 0.4) is 0 Å². The quantitative estimate of drug-likeness (QED) is 0.824. The van der Waals surface area contributed by atoms with E-state index in [0.29, 0.717) is 13.0 Å². The Morgan fingerprint density at radius 2 is 2.00 bits per heavy atom. The van der Waals surface area contributed by atoms with Gasteiger partial charge in [0.2, 0.25) is 0 Å². The fraction of sp³-hybridized carbons (Fsp3) is 0.429. The Balaban J connectivity index is 1.68. The third kappa shape index (κ3) is 3.98. The molecule has 0 saturated heterocycles. The Kier molecular flexibility index (Phi) is 4.39. The van der Waals surface area contributed by atoms with Crippen LogP contribution in [-0.2, 0) is 20.9 Å². The maximum absolute atomic E-state index is 11.5. The minimum absolute atomic E-state index is 0.151. The molecule has 5 heteroatoms. The van der Waals surface area contributed by atoms with Crippen molar-refractivity contribution in [3.8, 4) is 0 Å². The molecular formula is C14H17NO4. The molecule has 0 heterocycles. The second kappa shape index (κ2) is 6.22. The number of rotatable bonds is 5. The molecule has 0 radical (unpaired) electrons.